The third-order valence-corrected chi connectivity index (χ3v) is 2.47. The Balaban J connectivity index is 2.16. The van der Waals surface area contributed by atoms with Gasteiger partial charge in [-0.2, -0.15) is 0 Å². The van der Waals surface area contributed by atoms with Gasteiger partial charge in [0.15, 0.2) is 11.5 Å². The molecule has 2 heterocycles. The van der Waals surface area contributed by atoms with Crippen LogP contribution in [0.1, 0.15) is 0 Å². The van der Waals surface area contributed by atoms with E-state index in [0.29, 0.717) is 30.3 Å². The largest absolute Gasteiger partial charge is 0.382 e. The number of anilines is 1. The van der Waals surface area contributed by atoms with Crippen LogP contribution in [-0.4, -0.2) is 26.1 Å². The number of aromatic nitrogens is 4. The maximum atomic E-state index is 5.67. The van der Waals surface area contributed by atoms with E-state index in [1.54, 1.807) is 10.9 Å². The SMILES string of the molecule is Nc1ncnc2c1ncn2COC/C=C/I. The molecule has 0 aromatic carbocycles. The zero-order chi connectivity index (χ0) is 11.4. The van der Waals surface area contributed by atoms with Gasteiger partial charge in [0.05, 0.1) is 12.9 Å². The van der Waals surface area contributed by atoms with Crippen LogP contribution in [0.25, 0.3) is 11.2 Å². The molecule has 0 saturated carbocycles. The van der Waals surface area contributed by atoms with E-state index in [1.165, 1.54) is 6.33 Å². The smallest absolute Gasteiger partial charge is 0.167 e. The molecule has 2 aromatic heterocycles. The van der Waals surface area contributed by atoms with Crippen molar-refractivity contribution >= 4 is 39.6 Å². The van der Waals surface area contributed by atoms with Gasteiger partial charge in [-0.05, 0) is 4.08 Å². The second kappa shape index (κ2) is 5.21. The average Bonchev–Trinajstić information content (AvgIpc) is 2.70. The molecule has 0 unspecified atom stereocenters. The summed E-state index contributed by atoms with van der Waals surface area (Å²) in [5, 5.41) is 0. The number of nitrogens with zero attached hydrogens (tertiary/aromatic N) is 4. The van der Waals surface area contributed by atoms with Crippen LogP contribution < -0.4 is 5.73 Å². The zero-order valence-corrected chi connectivity index (χ0v) is 10.5. The van der Waals surface area contributed by atoms with Gasteiger partial charge in [-0.25, -0.2) is 15.0 Å². The summed E-state index contributed by atoms with van der Waals surface area (Å²) in [4.78, 5) is 12.1. The molecule has 0 bridgehead atoms. The van der Waals surface area contributed by atoms with E-state index in [9.17, 15) is 0 Å². The number of fused-ring (bicyclic) bond motifs is 1. The third-order valence-electron chi connectivity index (χ3n) is 1.96. The summed E-state index contributed by atoms with van der Waals surface area (Å²) in [5.74, 6) is 0.385. The quantitative estimate of drug-likeness (QED) is 0.675. The summed E-state index contributed by atoms with van der Waals surface area (Å²) in [6.07, 6.45) is 4.98. The van der Waals surface area contributed by atoms with E-state index in [-0.39, 0.29) is 0 Å². The summed E-state index contributed by atoms with van der Waals surface area (Å²) in [5.41, 5.74) is 6.96. The zero-order valence-electron chi connectivity index (χ0n) is 8.38. The molecule has 0 aliphatic carbocycles. The number of rotatable bonds is 4. The fraction of sp³-hybridized carbons (Fsp3) is 0.222. The lowest BCUT2D eigenvalue weighted by Crippen LogP contribution is -2.02. The Morgan fingerprint density at radius 2 is 2.31 bits per heavy atom. The summed E-state index contributed by atoms with van der Waals surface area (Å²) < 4.78 is 9.09. The van der Waals surface area contributed by atoms with E-state index < -0.39 is 0 Å². The molecule has 0 fully saturated rings. The van der Waals surface area contributed by atoms with Crippen molar-refractivity contribution in [3.63, 3.8) is 0 Å². The van der Waals surface area contributed by atoms with Crippen LogP contribution in [0.15, 0.2) is 22.8 Å². The minimum Gasteiger partial charge on any atom is -0.382 e. The summed E-state index contributed by atoms with van der Waals surface area (Å²) >= 11 is 2.14. The van der Waals surface area contributed by atoms with E-state index >= 15 is 0 Å². The van der Waals surface area contributed by atoms with Gasteiger partial charge in [-0.3, -0.25) is 4.57 Å². The van der Waals surface area contributed by atoms with Gasteiger partial charge >= 0.3 is 0 Å². The maximum absolute atomic E-state index is 5.67. The van der Waals surface area contributed by atoms with Gasteiger partial charge in [0.1, 0.15) is 18.6 Å². The Hall–Kier alpha value is -1.22. The van der Waals surface area contributed by atoms with Crippen molar-refractivity contribution in [2.75, 3.05) is 12.3 Å². The van der Waals surface area contributed by atoms with Crippen LogP contribution in [0.4, 0.5) is 5.82 Å². The standard InChI is InChI=1S/C9H10IN5O/c10-2-1-3-16-6-15-5-14-7-8(11)12-4-13-9(7)15/h1-2,4-5H,3,6H2,(H2,11,12,13)/b2-1+. The van der Waals surface area contributed by atoms with Crippen LogP contribution in [0.2, 0.25) is 0 Å². The van der Waals surface area contributed by atoms with Gasteiger partial charge in [0, 0.05) is 0 Å². The van der Waals surface area contributed by atoms with Crippen molar-refractivity contribution in [3.8, 4) is 0 Å². The Kier molecular flexibility index (Phi) is 3.67. The lowest BCUT2D eigenvalue weighted by molar-refractivity contribution is 0.103. The van der Waals surface area contributed by atoms with Crippen LogP contribution in [0.5, 0.6) is 0 Å². The van der Waals surface area contributed by atoms with Crippen molar-refractivity contribution in [1.82, 2.24) is 19.5 Å². The Morgan fingerprint density at radius 3 is 3.12 bits per heavy atom. The molecule has 0 aliphatic heterocycles. The first-order chi connectivity index (χ1) is 7.83. The summed E-state index contributed by atoms with van der Waals surface area (Å²) in [6.45, 7) is 0.955. The Bertz CT molecular complexity index is 510. The minimum absolute atomic E-state index is 0.385. The second-order valence-electron chi connectivity index (χ2n) is 3.01. The fourth-order valence-corrected chi connectivity index (χ4v) is 1.46. The molecule has 7 heteroatoms. The van der Waals surface area contributed by atoms with Crippen molar-refractivity contribution in [1.29, 1.82) is 0 Å². The lowest BCUT2D eigenvalue weighted by Gasteiger charge is -2.02. The van der Waals surface area contributed by atoms with Crippen molar-refractivity contribution in [2.24, 2.45) is 0 Å². The molecule has 0 saturated heterocycles. The molecule has 2 rings (SSSR count). The topological polar surface area (TPSA) is 78.9 Å². The van der Waals surface area contributed by atoms with Gasteiger partial charge in [-0.15, -0.1) is 0 Å². The van der Waals surface area contributed by atoms with Crippen LogP contribution in [0.3, 0.4) is 0 Å². The monoisotopic (exact) mass is 331 g/mol. The second-order valence-corrected chi connectivity index (χ2v) is 3.73. The van der Waals surface area contributed by atoms with Crippen LogP contribution >= 0.6 is 22.6 Å². The summed E-state index contributed by atoms with van der Waals surface area (Å²) in [7, 11) is 0. The molecule has 0 amide bonds. The molecule has 0 atom stereocenters. The van der Waals surface area contributed by atoms with Crippen LogP contribution in [-0.2, 0) is 11.5 Å². The third kappa shape index (κ3) is 2.30. The van der Waals surface area contributed by atoms with Gasteiger partial charge in [0.25, 0.3) is 0 Å². The number of hydrogen-bond acceptors (Lipinski definition) is 5. The van der Waals surface area contributed by atoms with Crippen molar-refractivity contribution in [2.45, 2.75) is 6.73 Å². The molecule has 84 valence electrons. The average molecular weight is 331 g/mol. The maximum Gasteiger partial charge on any atom is 0.167 e. The first kappa shape index (κ1) is 11.3. The van der Waals surface area contributed by atoms with Gasteiger partial charge in [-0.1, -0.05) is 28.7 Å². The number of halogens is 1. The van der Waals surface area contributed by atoms with E-state index in [1.807, 2.05) is 10.2 Å². The van der Waals surface area contributed by atoms with Crippen LogP contribution in [0, 0.1) is 0 Å². The number of ether oxygens (including phenoxy) is 1. The number of imidazole rings is 1. The number of nitrogens with two attached hydrogens (primary N) is 1. The highest BCUT2D eigenvalue weighted by molar-refractivity contribution is 14.1. The Labute approximate surface area is 106 Å². The molecule has 0 spiro atoms. The molecule has 16 heavy (non-hydrogen) atoms. The first-order valence-corrected chi connectivity index (χ1v) is 5.81. The molecule has 2 N–H and O–H groups in total. The molecule has 6 nitrogen and oxygen atoms in total. The van der Waals surface area contributed by atoms with E-state index in [0.717, 1.165) is 0 Å². The lowest BCUT2D eigenvalue weighted by atomic mass is 10.5. The fourth-order valence-electron chi connectivity index (χ4n) is 1.25. The highest BCUT2D eigenvalue weighted by atomic mass is 127. The van der Waals surface area contributed by atoms with E-state index in [2.05, 4.69) is 37.5 Å². The Morgan fingerprint density at radius 1 is 1.44 bits per heavy atom. The summed E-state index contributed by atoms with van der Waals surface area (Å²) in [6, 6.07) is 0. The number of nitrogen functional groups attached to an aromatic ring is 1. The van der Waals surface area contributed by atoms with Crippen molar-refractivity contribution < 1.29 is 4.74 Å². The minimum atomic E-state index is 0.385. The van der Waals surface area contributed by atoms with Crippen molar-refractivity contribution in [3.05, 3.63) is 22.8 Å². The van der Waals surface area contributed by atoms with Gasteiger partial charge < -0.3 is 10.5 Å². The molecule has 0 aliphatic rings. The highest BCUT2D eigenvalue weighted by Gasteiger charge is 2.06. The number of hydrogen-bond donors (Lipinski definition) is 1. The predicted octanol–water partition coefficient (Wildman–Crippen LogP) is 1.33. The molecule has 0 radical (unpaired) electrons. The molecule has 2 aromatic rings. The molecular formula is C9H10IN5O. The van der Waals surface area contributed by atoms with Gasteiger partial charge in [0.2, 0.25) is 0 Å². The first-order valence-electron chi connectivity index (χ1n) is 4.57. The molecular weight excluding hydrogens is 321 g/mol. The predicted molar refractivity (Wildman–Crippen MR) is 68.8 cm³/mol. The normalized spacial score (nSPS) is 11.6. The highest BCUT2D eigenvalue weighted by Crippen LogP contribution is 2.13. The van der Waals surface area contributed by atoms with E-state index in [4.69, 9.17) is 10.5 Å².